The molecule has 8 heteroatoms. The fraction of sp³-hybridized carbons (Fsp3) is 0.217. The highest BCUT2D eigenvalue weighted by Gasteiger charge is 2.53. The number of rotatable bonds is 6. The Morgan fingerprint density at radius 2 is 1.45 bits per heavy atom. The molecule has 8 nitrogen and oxygen atoms in total. The number of aliphatic hydroxyl groups is 1. The van der Waals surface area contributed by atoms with Crippen LogP contribution in [0.2, 0.25) is 0 Å². The molecule has 160 valence electrons. The average Bonchev–Trinajstić information content (AvgIpc) is 2.78. The van der Waals surface area contributed by atoms with Crippen molar-refractivity contribution in [3.63, 3.8) is 0 Å². The first kappa shape index (κ1) is 21.9. The Kier molecular flexibility index (Phi) is 6.61. The molecule has 3 rings (SSSR count). The Hall–Kier alpha value is -3.78. The van der Waals surface area contributed by atoms with Gasteiger partial charge in [0.15, 0.2) is 18.0 Å². The summed E-state index contributed by atoms with van der Waals surface area (Å²) in [5, 5.41) is 11.1. The van der Waals surface area contributed by atoms with E-state index in [2.05, 4.69) is 0 Å². The Morgan fingerprint density at radius 3 is 2.00 bits per heavy atom. The molecule has 0 bridgehead atoms. The summed E-state index contributed by atoms with van der Waals surface area (Å²) >= 11 is 0. The van der Waals surface area contributed by atoms with Gasteiger partial charge >= 0.3 is 17.9 Å². The monoisotopic (exact) mass is 424 g/mol. The zero-order valence-electron chi connectivity index (χ0n) is 16.6. The van der Waals surface area contributed by atoms with Crippen LogP contribution in [0.1, 0.15) is 27.6 Å². The normalized spacial score (nSPS) is 22.5. The Morgan fingerprint density at radius 1 is 0.903 bits per heavy atom. The second-order valence-corrected chi connectivity index (χ2v) is 6.86. The van der Waals surface area contributed by atoms with E-state index in [4.69, 9.17) is 14.2 Å². The molecule has 2 aromatic rings. The van der Waals surface area contributed by atoms with Crippen LogP contribution in [0.5, 0.6) is 0 Å². The molecule has 31 heavy (non-hydrogen) atoms. The molecule has 0 saturated heterocycles. The smallest absolute Gasteiger partial charge is 0.338 e. The van der Waals surface area contributed by atoms with E-state index in [1.807, 2.05) is 0 Å². The van der Waals surface area contributed by atoms with Crippen molar-refractivity contribution in [3.05, 3.63) is 83.9 Å². The lowest BCUT2D eigenvalue weighted by Crippen LogP contribution is -2.61. The van der Waals surface area contributed by atoms with Crippen molar-refractivity contribution in [1.82, 2.24) is 0 Å². The van der Waals surface area contributed by atoms with Gasteiger partial charge in [0.2, 0.25) is 5.60 Å². The lowest BCUT2D eigenvalue weighted by atomic mass is 9.83. The number of ketones is 1. The van der Waals surface area contributed by atoms with Crippen LogP contribution in [0.15, 0.2) is 72.8 Å². The Bertz CT molecular complexity index is 999. The Balaban J connectivity index is 1.82. The van der Waals surface area contributed by atoms with Gasteiger partial charge in [0.05, 0.1) is 11.1 Å². The van der Waals surface area contributed by atoms with E-state index in [-0.39, 0.29) is 11.1 Å². The highest BCUT2D eigenvalue weighted by Crippen LogP contribution is 2.28. The predicted octanol–water partition coefficient (Wildman–Crippen LogP) is 1.87. The van der Waals surface area contributed by atoms with Crippen molar-refractivity contribution in [2.75, 3.05) is 6.61 Å². The van der Waals surface area contributed by atoms with Crippen LogP contribution in [0.25, 0.3) is 0 Å². The summed E-state index contributed by atoms with van der Waals surface area (Å²) in [5.41, 5.74) is -2.00. The number of ether oxygens (including phenoxy) is 3. The fourth-order valence-corrected chi connectivity index (χ4v) is 3.04. The van der Waals surface area contributed by atoms with Gasteiger partial charge < -0.3 is 19.3 Å². The second kappa shape index (κ2) is 9.36. The van der Waals surface area contributed by atoms with Gasteiger partial charge in [0.25, 0.3) is 0 Å². The quantitative estimate of drug-likeness (QED) is 0.552. The minimum atomic E-state index is -2.44. The van der Waals surface area contributed by atoms with Crippen LogP contribution in [0.3, 0.4) is 0 Å². The third kappa shape index (κ3) is 5.04. The molecule has 0 spiro atoms. The van der Waals surface area contributed by atoms with Gasteiger partial charge in [-0.05, 0) is 36.4 Å². The highest BCUT2D eigenvalue weighted by molar-refractivity contribution is 6.00. The molecule has 0 heterocycles. The maximum Gasteiger partial charge on any atom is 0.338 e. The number of carbonyl (C=O) groups is 4. The van der Waals surface area contributed by atoms with Crippen LogP contribution in [0.4, 0.5) is 0 Å². The SMILES string of the molecule is CC(=O)O[C@@H]1[C@H](OC(=O)c2ccccc2)C=CC(=O)[C@]1(O)COC(=O)c1ccccc1. The van der Waals surface area contributed by atoms with Gasteiger partial charge in [0, 0.05) is 6.92 Å². The molecule has 0 radical (unpaired) electrons. The second-order valence-electron chi connectivity index (χ2n) is 6.86. The summed E-state index contributed by atoms with van der Waals surface area (Å²) in [5.74, 6) is -3.20. The van der Waals surface area contributed by atoms with Crippen LogP contribution < -0.4 is 0 Å². The molecule has 1 N–H and O–H groups in total. The summed E-state index contributed by atoms with van der Waals surface area (Å²) in [4.78, 5) is 48.8. The number of hydrogen-bond acceptors (Lipinski definition) is 8. The molecule has 0 fully saturated rings. The lowest BCUT2D eigenvalue weighted by molar-refractivity contribution is -0.186. The summed E-state index contributed by atoms with van der Waals surface area (Å²) < 4.78 is 15.6. The van der Waals surface area contributed by atoms with Gasteiger partial charge in [-0.1, -0.05) is 36.4 Å². The summed E-state index contributed by atoms with van der Waals surface area (Å²) in [6, 6.07) is 16.0. The van der Waals surface area contributed by atoms with Crippen molar-refractivity contribution in [2.24, 2.45) is 0 Å². The molecule has 2 aromatic carbocycles. The van der Waals surface area contributed by atoms with Crippen LogP contribution >= 0.6 is 0 Å². The fourth-order valence-electron chi connectivity index (χ4n) is 3.04. The maximum absolute atomic E-state index is 12.5. The van der Waals surface area contributed by atoms with Crippen molar-refractivity contribution >= 4 is 23.7 Å². The molecule has 3 atom stereocenters. The van der Waals surface area contributed by atoms with Crippen LogP contribution in [-0.4, -0.2) is 53.2 Å². The zero-order chi connectivity index (χ0) is 22.4. The lowest BCUT2D eigenvalue weighted by Gasteiger charge is -2.38. The molecule has 0 amide bonds. The summed E-state index contributed by atoms with van der Waals surface area (Å²) in [6.07, 6.45) is -0.683. The topological polar surface area (TPSA) is 116 Å². The number of carbonyl (C=O) groups excluding carboxylic acids is 4. The maximum atomic E-state index is 12.5. The van der Waals surface area contributed by atoms with E-state index in [1.165, 1.54) is 30.3 Å². The molecule has 0 unspecified atom stereocenters. The van der Waals surface area contributed by atoms with E-state index in [0.29, 0.717) is 0 Å². The highest BCUT2D eigenvalue weighted by atomic mass is 16.6. The van der Waals surface area contributed by atoms with Gasteiger partial charge in [-0.3, -0.25) is 9.59 Å². The first-order valence-corrected chi connectivity index (χ1v) is 9.41. The van der Waals surface area contributed by atoms with Crippen LogP contribution in [-0.2, 0) is 23.8 Å². The third-order valence-corrected chi connectivity index (χ3v) is 4.61. The first-order valence-electron chi connectivity index (χ1n) is 9.41. The van der Waals surface area contributed by atoms with Gasteiger partial charge in [0.1, 0.15) is 6.61 Å². The minimum Gasteiger partial charge on any atom is -0.458 e. The largest absolute Gasteiger partial charge is 0.458 e. The molecule has 0 aromatic heterocycles. The van der Waals surface area contributed by atoms with Gasteiger partial charge in [-0.2, -0.15) is 0 Å². The van der Waals surface area contributed by atoms with Crippen LogP contribution in [0, 0.1) is 0 Å². The van der Waals surface area contributed by atoms with E-state index in [0.717, 1.165) is 13.0 Å². The molecule has 1 aliphatic rings. The van der Waals surface area contributed by atoms with Crippen molar-refractivity contribution in [1.29, 1.82) is 0 Å². The average molecular weight is 424 g/mol. The van der Waals surface area contributed by atoms with Crippen molar-refractivity contribution in [3.8, 4) is 0 Å². The molecule has 0 saturated carbocycles. The standard InChI is InChI=1S/C23H20O8/c1-15(24)30-20-18(31-22(27)17-10-6-3-7-11-17)12-13-19(25)23(20,28)14-29-21(26)16-8-4-2-5-9-16/h2-13,18,20,28H,14H2,1H3/t18-,20-,23-/m1/s1. The molecular weight excluding hydrogens is 404 g/mol. The van der Waals surface area contributed by atoms with Gasteiger partial charge in [-0.25, -0.2) is 9.59 Å². The molecular formula is C23H20O8. The summed E-state index contributed by atoms with van der Waals surface area (Å²) in [7, 11) is 0. The predicted molar refractivity (Wildman–Crippen MR) is 107 cm³/mol. The minimum absolute atomic E-state index is 0.209. The van der Waals surface area contributed by atoms with E-state index in [1.54, 1.807) is 36.4 Å². The van der Waals surface area contributed by atoms with Crippen molar-refractivity contribution in [2.45, 2.75) is 24.7 Å². The molecule has 1 aliphatic carbocycles. The Labute approximate surface area is 178 Å². The number of hydrogen-bond donors (Lipinski definition) is 1. The van der Waals surface area contributed by atoms with Crippen molar-refractivity contribution < 1.29 is 38.5 Å². The van der Waals surface area contributed by atoms with E-state index >= 15 is 0 Å². The number of esters is 3. The molecule has 0 aliphatic heterocycles. The van der Waals surface area contributed by atoms with E-state index < -0.39 is 48.1 Å². The summed E-state index contributed by atoms with van der Waals surface area (Å²) in [6.45, 7) is 0.274. The first-order chi connectivity index (χ1) is 14.8. The van der Waals surface area contributed by atoms with Gasteiger partial charge in [-0.15, -0.1) is 0 Å². The zero-order valence-corrected chi connectivity index (χ0v) is 16.6. The number of benzene rings is 2. The third-order valence-electron chi connectivity index (χ3n) is 4.61. The van der Waals surface area contributed by atoms with E-state index in [9.17, 15) is 24.3 Å².